The second-order valence-corrected chi connectivity index (χ2v) is 6.94. The summed E-state index contributed by atoms with van der Waals surface area (Å²) in [5.41, 5.74) is 1.22. The summed E-state index contributed by atoms with van der Waals surface area (Å²) in [6.07, 6.45) is 3.75. The van der Waals surface area contributed by atoms with E-state index in [0.29, 0.717) is 6.04 Å². The fourth-order valence-corrected chi connectivity index (χ4v) is 3.67. The molecule has 2 atom stereocenters. The van der Waals surface area contributed by atoms with Crippen LogP contribution < -0.4 is 10.6 Å². The minimum atomic E-state index is 0.242. The topological polar surface area (TPSA) is 48.9 Å². The van der Waals surface area contributed by atoms with E-state index in [-0.39, 0.29) is 6.10 Å². The Hall–Kier alpha value is -1.30. The molecule has 6 heteroatoms. The maximum Gasteiger partial charge on any atom is 0.191 e. The van der Waals surface area contributed by atoms with Crippen LogP contribution in [0, 0.1) is 0 Å². The van der Waals surface area contributed by atoms with Gasteiger partial charge in [0.1, 0.15) is 0 Å². The van der Waals surface area contributed by atoms with E-state index >= 15 is 0 Å². The van der Waals surface area contributed by atoms with Gasteiger partial charge in [0.25, 0.3) is 0 Å². The number of rotatable bonds is 5. The van der Waals surface area contributed by atoms with Crippen molar-refractivity contribution in [3.63, 3.8) is 0 Å². The molecule has 0 amide bonds. The Kier molecular flexibility index (Phi) is 6.35. The van der Waals surface area contributed by atoms with Crippen molar-refractivity contribution in [2.45, 2.75) is 31.4 Å². The Bertz CT molecular complexity index is 566. The van der Waals surface area contributed by atoms with Crippen LogP contribution in [0.2, 0.25) is 5.02 Å². The van der Waals surface area contributed by atoms with Gasteiger partial charge in [-0.3, -0.25) is 9.89 Å². The van der Waals surface area contributed by atoms with E-state index in [2.05, 4.69) is 26.6 Å². The second-order valence-electron chi connectivity index (χ2n) is 6.51. The highest BCUT2D eigenvalue weighted by Gasteiger charge is 2.32. The first kappa shape index (κ1) is 17.5. The molecule has 24 heavy (non-hydrogen) atoms. The zero-order valence-electron chi connectivity index (χ0n) is 14.3. The number of aliphatic imine (C=N–C) groups is 1. The van der Waals surface area contributed by atoms with E-state index < -0.39 is 0 Å². The van der Waals surface area contributed by atoms with Crippen molar-refractivity contribution >= 4 is 17.6 Å². The largest absolute Gasteiger partial charge is 0.373 e. The van der Waals surface area contributed by atoms with Crippen LogP contribution >= 0.6 is 11.6 Å². The molecular weight excluding hydrogens is 324 g/mol. The fourth-order valence-electron chi connectivity index (χ4n) is 3.46. The lowest BCUT2D eigenvalue weighted by molar-refractivity contribution is -0.0453. The summed E-state index contributed by atoms with van der Waals surface area (Å²) in [5.74, 6) is 0.823. The van der Waals surface area contributed by atoms with Crippen LogP contribution in [0.15, 0.2) is 29.3 Å². The monoisotopic (exact) mass is 350 g/mol. The van der Waals surface area contributed by atoms with Crippen molar-refractivity contribution in [3.05, 3.63) is 34.9 Å². The molecule has 2 N–H and O–H groups in total. The Morgan fingerprint density at radius 3 is 3.17 bits per heavy atom. The Balaban J connectivity index is 1.37. The summed E-state index contributed by atoms with van der Waals surface area (Å²) in [5, 5.41) is 7.51. The number of morpholine rings is 1. The molecule has 2 heterocycles. The predicted molar refractivity (Wildman–Crippen MR) is 98.9 cm³/mol. The van der Waals surface area contributed by atoms with Crippen LogP contribution in [-0.2, 0) is 11.2 Å². The van der Waals surface area contributed by atoms with E-state index in [4.69, 9.17) is 16.3 Å². The average Bonchev–Trinajstić information content (AvgIpc) is 3.05. The highest BCUT2D eigenvalue weighted by Crippen LogP contribution is 2.22. The standard InChI is InChI=1S/C18H27ClN4O/c1-20-18(21-8-7-14-4-2-5-15(19)10-14)22-11-17-12-23-9-3-6-16(23)13-24-17/h2,4-5,10,16-17H,3,6-9,11-13H2,1H3,(H2,20,21,22). The third kappa shape index (κ3) is 4.85. The lowest BCUT2D eigenvalue weighted by atomic mass is 10.1. The van der Waals surface area contributed by atoms with Crippen molar-refractivity contribution in [3.8, 4) is 0 Å². The van der Waals surface area contributed by atoms with Crippen molar-refractivity contribution in [2.75, 3.05) is 39.8 Å². The zero-order valence-corrected chi connectivity index (χ0v) is 15.1. The van der Waals surface area contributed by atoms with Gasteiger partial charge < -0.3 is 15.4 Å². The normalized spacial score (nSPS) is 24.7. The molecule has 5 nitrogen and oxygen atoms in total. The van der Waals surface area contributed by atoms with E-state index in [1.165, 1.54) is 24.9 Å². The fraction of sp³-hybridized carbons (Fsp3) is 0.611. The Morgan fingerprint density at radius 2 is 2.33 bits per heavy atom. The van der Waals surface area contributed by atoms with Crippen molar-refractivity contribution < 1.29 is 4.74 Å². The SMILES string of the molecule is CN=C(NCCc1cccc(Cl)c1)NCC1CN2CCCC2CO1. The first-order chi connectivity index (χ1) is 11.7. The number of hydrogen-bond acceptors (Lipinski definition) is 3. The molecule has 2 saturated heterocycles. The van der Waals surface area contributed by atoms with Gasteiger partial charge in [-0.2, -0.15) is 0 Å². The molecule has 2 unspecified atom stereocenters. The van der Waals surface area contributed by atoms with E-state index in [1.54, 1.807) is 7.05 Å². The van der Waals surface area contributed by atoms with Crippen LogP contribution in [0.5, 0.6) is 0 Å². The first-order valence-corrected chi connectivity index (χ1v) is 9.17. The molecule has 0 spiro atoms. The maximum absolute atomic E-state index is 6.01. The second kappa shape index (κ2) is 8.70. The average molecular weight is 351 g/mol. The molecule has 132 valence electrons. The maximum atomic E-state index is 6.01. The van der Waals surface area contributed by atoms with Gasteiger partial charge in [0.15, 0.2) is 5.96 Å². The summed E-state index contributed by atoms with van der Waals surface area (Å²) >= 11 is 6.01. The van der Waals surface area contributed by atoms with Crippen molar-refractivity contribution in [2.24, 2.45) is 4.99 Å². The highest BCUT2D eigenvalue weighted by molar-refractivity contribution is 6.30. The summed E-state index contributed by atoms with van der Waals surface area (Å²) < 4.78 is 5.97. The molecule has 0 aromatic heterocycles. The lowest BCUT2D eigenvalue weighted by Gasteiger charge is -2.35. The van der Waals surface area contributed by atoms with Crippen LogP contribution in [0.25, 0.3) is 0 Å². The third-order valence-electron chi connectivity index (χ3n) is 4.78. The van der Waals surface area contributed by atoms with E-state index in [0.717, 1.165) is 43.6 Å². The number of nitrogens with one attached hydrogen (secondary N) is 2. The summed E-state index contributed by atoms with van der Waals surface area (Å²) in [7, 11) is 1.80. The Morgan fingerprint density at radius 1 is 1.42 bits per heavy atom. The summed E-state index contributed by atoms with van der Waals surface area (Å²) in [6, 6.07) is 8.62. The van der Waals surface area contributed by atoms with Crippen LogP contribution in [0.4, 0.5) is 0 Å². The van der Waals surface area contributed by atoms with Gasteiger partial charge >= 0.3 is 0 Å². The molecule has 2 aliphatic rings. The van der Waals surface area contributed by atoms with Crippen molar-refractivity contribution in [1.29, 1.82) is 0 Å². The highest BCUT2D eigenvalue weighted by atomic mass is 35.5. The smallest absolute Gasteiger partial charge is 0.191 e. The van der Waals surface area contributed by atoms with Gasteiger partial charge in [-0.15, -0.1) is 0 Å². The van der Waals surface area contributed by atoms with Gasteiger partial charge in [0.2, 0.25) is 0 Å². The molecule has 1 aromatic carbocycles. The number of hydrogen-bond donors (Lipinski definition) is 2. The molecule has 2 aliphatic heterocycles. The predicted octanol–water partition coefficient (Wildman–Crippen LogP) is 1.91. The van der Waals surface area contributed by atoms with Gasteiger partial charge in [-0.25, -0.2) is 0 Å². The van der Waals surface area contributed by atoms with Crippen molar-refractivity contribution in [1.82, 2.24) is 15.5 Å². The molecule has 0 saturated carbocycles. The quantitative estimate of drug-likeness (QED) is 0.629. The Labute approximate surface area is 149 Å². The third-order valence-corrected chi connectivity index (χ3v) is 5.01. The molecule has 1 aromatic rings. The number of guanidine groups is 1. The minimum Gasteiger partial charge on any atom is -0.373 e. The lowest BCUT2D eigenvalue weighted by Crippen LogP contribution is -2.51. The number of halogens is 1. The number of fused-ring (bicyclic) bond motifs is 1. The molecule has 0 aliphatic carbocycles. The van der Waals surface area contributed by atoms with Crippen LogP contribution in [0.1, 0.15) is 18.4 Å². The van der Waals surface area contributed by atoms with Gasteiger partial charge in [0.05, 0.1) is 12.7 Å². The number of ether oxygens (including phenoxy) is 1. The van der Waals surface area contributed by atoms with E-state index in [9.17, 15) is 0 Å². The number of nitrogens with zero attached hydrogens (tertiary/aromatic N) is 2. The van der Waals surface area contributed by atoms with Gasteiger partial charge in [-0.1, -0.05) is 23.7 Å². The van der Waals surface area contributed by atoms with Gasteiger partial charge in [-0.05, 0) is 43.5 Å². The summed E-state index contributed by atoms with van der Waals surface area (Å²) in [6.45, 7) is 4.72. The van der Waals surface area contributed by atoms with E-state index in [1.807, 2.05) is 18.2 Å². The molecular formula is C18H27ClN4O. The molecule has 3 rings (SSSR count). The number of benzene rings is 1. The van der Waals surface area contributed by atoms with Gasteiger partial charge in [0, 0.05) is 37.7 Å². The minimum absolute atomic E-state index is 0.242. The summed E-state index contributed by atoms with van der Waals surface area (Å²) in [4.78, 5) is 6.85. The van der Waals surface area contributed by atoms with Crippen LogP contribution in [0.3, 0.4) is 0 Å². The zero-order chi connectivity index (χ0) is 16.8. The first-order valence-electron chi connectivity index (χ1n) is 8.79. The molecule has 0 bridgehead atoms. The molecule has 2 fully saturated rings. The van der Waals surface area contributed by atoms with Crippen LogP contribution in [-0.4, -0.2) is 62.8 Å². The molecule has 0 radical (unpaired) electrons.